The first-order valence-electron chi connectivity index (χ1n) is 6.48. The minimum Gasteiger partial charge on any atom is -0.319 e. The van der Waals surface area contributed by atoms with Crippen molar-refractivity contribution in [3.05, 3.63) is 58.4 Å². The van der Waals surface area contributed by atoms with Crippen molar-refractivity contribution < 1.29 is 4.79 Å². The van der Waals surface area contributed by atoms with Crippen LogP contribution in [0, 0.1) is 0 Å². The number of benzene rings is 1. The maximum atomic E-state index is 12.4. The molecule has 1 aliphatic heterocycles. The predicted octanol–water partition coefficient (Wildman–Crippen LogP) is 2.63. The number of halogens is 1. The average Bonchev–Trinajstić information content (AvgIpc) is 2.49. The highest BCUT2D eigenvalue weighted by atomic mass is 35.5. The van der Waals surface area contributed by atoms with Crippen LogP contribution in [0.5, 0.6) is 0 Å². The van der Waals surface area contributed by atoms with Gasteiger partial charge >= 0.3 is 0 Å². The highest BCUT2D eigenvalue weighted by molar-refractivity contribution is 6.33. The second kappa shape index (κ2) is 5.61. The number of hydrogen-bond acceptors (Lipinski definition) is 3. The summed E-state index contributed by atoms with van der Waals surface area (Å²) < 4.78 is 0. The van der Waals surface area contributed by atoms with E-state index in [4.69, 9.17) is 11.6 Å². The van der Waals surface area contributed by atoms with Crippen LogP contribution in [0.25, 0.3) is 0 Å². The lowest BCUT2D eigenvalue weighted by molar-refractivity contribution is 0.102. The van der Waals surface area contributed by atoms with E-state index >= 15 is 0 Å². The molecule has 2 N–H and O–H groups in total. The number of hydrogen-bond donors (Lipinski definition) is 2. The number of amides is 1. The van der Waals surface area contributed by atoms with Crippen LogP contribution in [-0.4, -0.2) is 17.4 Å². The van der Waals surface area contributed by atoms with Gasteiger partial charge in [0.25, 0.3) is 5.91 Å². The zero-order valence-electron chi connectivity index (χ0n) is 10.8. The van der Waals surface area contributed by atoms with Crippen molar-refractivity contribution >= 4 is 23.2 Å². The van der Waals surface area contributed by atoms with Crippen molar-refractivity contribution in [2.24, 2.45) is 0 Å². The van der Waals surface area contributed by atoms with Crippen LogP contribution in [0.1, 0.15) is 21.5 Å². The van der Waals surface area contributed by atoms with Crippen molar-refractivity contribution in [3.8, 4) is 0 Å². The van der Waals surface area contributed by atoms with Gasteiger partial charge in [-0.3, -0.25) is 9.78 Å². The van der Waals surface area contributed by atoms with Crippen LogP contribution < -0.4 is 10.6 Å². The Balaban J connectivity index is 1.90. The van der Waals surface area contributed by atoms with Crippen LogP contribution in [-0.2, 0) is 13.0 Å². The molecule has 0 radical (unpaired) electrons. The molecule has 0 spiro atoms. The van der Waals surface area contributed by atoms with Crippen molar-refractivity contribution in [2.75, 3.05) is 11.9 Å². The summed E-state index contributed by atoms with van der Waals surface area (Å²) in [5.41, 5.74) is 3.54. The standard InChI is InChI=1S/C15H14ClN3O/c16-13-5-7-18-9-14(13)19-15(20)12-3-1-2-10-8-17-6-4-11(10)12/h1-3,5,7,9,17H,4,6,8H2,(H,19,20). The third-order valence-electron chi connectivity index (χ3n) is 3.40. The van der Waals surface area contributed by atoms with Gasteiger partial charge in [-0.1, -0.05) is 23.7 Å². The lowest BCUT2D eigenvalue weighted by Gasteiger charge is -2.20. The number of carbonyl (C=O) groups excluding carboxylic acids is 1. The molecule has 20 heavy (non-hydrogen) atoms. The van der Waals surface area contributed by atoms with Gasteiger partial charge in [-0.15, -0.1) is 0 Å². The Hall–Kier alpha value is -1.91. The van der Waals surface area contributed by atoms with Gasteiger partial charge in [0.05, 0.1) is 16.9 Å². The number of aromatic nitrogens is 1. The molecule has 3 rings (SSSR count). The normalized spacial score (nSPS) is 13.7. The second-order valence-corrected chi connectivity index (χ2v) is 5.09. The van der Waals surface area contributed by atoms with E-state index < -0.39 is 0 Å². The fourth-order valence-corrected chi connectivity index (χ4v) is 2.56. The Kier molecular flexibility index (Phi) is 3.67. The van der Waals surface area contributed by atoms with E-state index in [1.807, 2.05) is 12.1 Å². The molecule has 1 aromatic heterocycles. The molecule has 0 atom stereocenters. The van der Waals surface area contributed by atoms with Gasteiger partial charge in [-0.2, -0.15) is 0 Å². The topological polar surface area (TPSA) is 54.0 Å². The van der Waals surface area contributed by atoms with Gasteiger partial charge in [-0.05, 0) is 36.2 Å². The highest BCUT2D eigenvalue weighted by Crippen LogP contribution is 2.23. The molecule has 0 unspecified atom stereocenters. The van der Waals surface area contributed by atoms with E-state index in [0.29, 0.717) is 16.3 Å². The van der Waals surface area contributed by atoms with E-state index in [1.165, 1.54) is 5.56 Å². The lowest BCUT2D eigenvalue weighted by atomic mass is 9.95. The van der Waals surface area contributed by atoms with Crippen molar-refractivity contribution in [1.29, 1.82) is 0 Å². The van der Waals surface area contributed by atoms with E-state index in [2.05, 4.69) is 21.7 Å². The molecule has 4 nitrogen and oxygen atoms in total. The first-order valence-corrected chi connectivity index (χ1v) is 6.86. The minimum absolute atomic E-state index is 0.140. The van der Waals surface area contributed by atoms with Crippen molar-refractivity contribution in [1.82, 2.24) is 10.3 Å². The average molecular weight is 288 g/mol. The molecule has 2 heterocycles. The van der Waals surface area contributed by atoms with Gasteiger partial charge in [0, 0.05) is 18.3 Å². The first-order chi connectivity index (χ1) is 9.75. The largest absolute Gasteiger partial charge is 0.319 e. The van der Waals surface area contributed by atoms with E-state index in [9.17, 15) is 4.79 Å². The fourth-order valence-electron chi connectivity index (χ4n) is 2.40. The maximum Gasteiger partial charge on any atom is 0.256 e. The Morgan fingerprint density at radius 2 is 2.25 bits per heavy atom. The highest BCUT2D eigenvalue weighted by Gasteiger charge is 2.17. The summed E-state index contributed by atoms with van der Waals surface area (Å²) in [4.78, 5) is 16.4. The second-order valence-electron chi connectivity index (χ2n) is 4.68. The number of nitrogens with zero attached hydrogens (tertiary/aromatic N) is 1. The first kappa shape index (κ1) is 13.1. The maximum absolute atomic E-state index is 12.4. The van der Waals surface area contributed by atoms with E-state index in [1.54, 1.807) is 18.5 Å². The molecule has 1 aliphatic rings. The summed E-state index contributed by atoms with van der Waals surface area (Å²) in [6, 6.07) is 7.46. The zero-order chi connectivity index (χ0) is 13.9. The van der Waals surface area contributed by atoms with Gasteiger partial charge in [-0.25, -0.2) is 0 Å². The minimum atomic E-state index is -0.140. The van der Waals surface area contributed by atoms with Crippen molar-refractivity contribution in [3.63, 3.8) is 0 Å². The molecule has 5 heteroatoms. The van der Waals surface area contributed by atoms with Gasteiger partial charge < -0.3 is 10.6 Å². The third-order valence-corrected chi connectivity index (χ3v) is 3.73. The summed E-state index contributed by atoms with van der Waals surface area (Å²) >= 11 is 6.03. The summed E-state index contributed by atoms with van der Waals surface area (Å²) in [6.07, 6.45) is 4.00. The van der Waals surface area contributed by atoms with Crippen molar-refractivity contribution in [2.45, 2.75) is 13.0 Å². The number of rotatable bonds is 2. The molecule has 0 bridgehead atoms. The SMILES string of the molecule is O=C(Nc1cnccc1Cl)c1cccc2c1CCNC2. The third kappa shape index (κ3) is 2.53. The summed E-state index contributed by atoms with van der Waals surface area (Å²) in [5, 5.41) is 6.61. The zero-order valence-corrected chi connectivity index (χ0v) is 11.6. The van der Waals surface area contributed by atoms with Crippen LogP contribution in [0.15, 0.2) is 36.7 Å². The Morgan fingerprint density at radius 1 is 1.35 bits per heavy atom. The molecule has 0 saturated heterocycles. The van der Waals surface area contributed by atoms with E-state index in [-0.39, 0.29) is 5.91 Å². The number of anilines is 1. The monoisotopic (exact) mass is 287 g/mol. The molecule has 1 amide bonds. The summed E-state index contributed by atoms with van der Waals surface area (Å²) in [6.45, 7) is 1.70. The Morgan fingerprint density at radius 3 is 3.10 bits per heavy atom. The van der Waals surface area contributed by atoms with E-state index in [0.717, 1.165) is 25.1 Å². The number of pyridine rings is 1. The lowest BCUT2D eigenvalue weighted by Crippen LogP contribution is -2.26. The summed E-state index contributed by atoms with van der Waals surface area (Å²) in [5.74, 6) is -0.140. The Bertz CT molecular complexity index is 657. The smallest absolute Gasteiger partial charge is 0.256 e. The summed E-state index contributed by atoms with van der Waals surface area (Å²) in [7, 11) is 0. The van der Waals surface area contributed by atoms with Crippen LogP contribution >= 0.6 is 11.6 Å². The van der Waals surface area contributed by atoms with Gasteiger partial charge in [0.15, 0.2) is 0 Å². The molecule has 0 saturated carbocycles. The van der Waals surface area contributed by atoms with Crippen LogP contribution in [0.3, 0.4) is 0 Å². The molecule has 2 aromatic rings. The van der Waals surface area contributed by atoms with Crippen LogP contribution in [0.4, 0.5) is 5.69 Å². The fraction of sp³-hybridized carbons (Fsp3) is 0.200. The number of nitrogens with one attached hydrogen (secondary N) is 2. The Labute approximate surface area is 122 Å². The molecule has 1 aromatic carbocycles. The quantitative estimate of drug-likeness (QED) is 0.893. The number of carbonyl (C=O) groups is 1. The molecular formula is C15H14ClN3O. The number of fused-ring (bicyclic) bond motifs is 1. The van der Waals surface area contributed by atoms with Gasteiger partial charge in [0.1, 0.15) is 0 Å². The molecule has 0 aliphatic carbocycles. The molecule has 0 fully saturated rings. The molecular weight excluding hydrogens is 274 g/mol. The predicted molar refractivity (Wildman–Crippen MR) is 79.1 cm³/mol. The molecule has 102 valence electrons. The van der Waals surface area contributed by atoms with Gasteiger partial charge in [0.2, 0.25) is 0 Å². The van der Waals surface area contributed by atoms with Crippen LogP contribution in [0.2, 0.25) is 5.02 Å².